The van der Waals surface area contributed by atoms with E-state index in [0.29, 0.717) is 12.0 Å². The van der Waals surface area contributed by atoms with Crippen molar-refractivity contribution in [3.05, 3.63) is 29.8 Å². The molecule has 116 valence electrons. The Morgan fingerprint density at radius 1 is 1.33 bits per heavy atom. The van der Waals surface area contributed by atoms with E-state index in [4.69, 9.17) is 5.73 Å². The Hall–Kier alpha value is -1.73. The third kappa shape index (κ3) is 6.05. The number of nitrogens with one attached hydrogen (secondary N) is 1. The number of aromatic hydroxyl groups is 1. The van der Waals surface area contributed by atoms with Crippen LogP contribution >= 0.6 is 11.8 Å². The molecule has 0 saturated carbocycles. The fourth-order valence-corrected chi connectivity index (χ4v) is 2.21. The van der Waals surface area contributed by atoms with Crippen molar-refractivity contribution in [3.8, 4) is 5.75 Å². The molecule has 6 nitrogen and oxygen atoms in total. The monoisotopic (exact) mass is 312 g/mol. The predicted octanol–water partition coefficient (Wildman–Crippen LogP) is 0.584. The summed E-state index contributed by atoms with van der Waals surface area (Å²) in [5.41, 5.74) is 6.42. The molecule has 1 rings (SSSR count). The van der Waals surface area contributed by atoms with Gasteiger partial charge in [-0.3, -0.25) is 4.79 Å². The number of benzene rings is 1. The third-order valence-corrected chi connectivity index (χ3v) is 3.60. The highest BCUT2D eigenvalue weighted by Crippen LogP contribution is 2.11. The second kappa shape index (κ2) is 8.53. The smallest absolute Gasteiger partial charge is 0.326 e. The zero-order valence-electron chi connectivity index (χ0n) is 11.8. The summed E-state index contributed by atoms with van der Waals surface area (Å²) in [4.78, 5) is 23.1. The first kappa shape index (κ1) is 17.3. The van der Waals surface area contributed by atoms with E-state index >= 15 is 0 Å². The summed E-state index contributed by atoms with van der Waals surface area (Å²) in [5, 5.41) is 20.8. The van der Waals surface area contributed by atoms with E-state index in [1.54, 1.807) is 23.9 Å². The van der Waals surface area contributed by atoms with Gasteiger partial charge in [0.1, 0.15) is 11.8 Å². The van der Waals surface area contributed by atoms with Gasteiger partial charge in [-0.2, -0.15) is 11.8 Å². The lowest BCUT2D eigenvalue weighted by molar-refractivity contribution is -0.142. The maximum absolute atomic E-state index is 11.9. The molecule has 0 aromatic heterocycles. The van der Waals surface area contributed by atoms with Crippen molar-refractivity contribution in [1.29, 1.82) is 0 Å². The molecule has 0 unspecified atom stereocenters. The summed E-state index contributed by atoms with van der Waals surface area (Å²) in [7, 11) is 0. The van der Waals surface area contributed by atoms with Gasteiger partial charge in [-0.15, -0.1) is 0 Å². The topological polar surface area (TPSA) is 113 Å². The minimum absolute atomic E-state index is 0.105. The first-order chi connectivity index (χ1) is 9.93. The molecular formula is C14H20N2O4S. The first-order valence-corrected chi connectivity index (χ1v) is 7.89. The molecular weight excluding hydrogens is 292 g/mol. The lowest BCUT2D eigenvalue weighted by Crippen LogP contribution is -2.49. The van der Waals surface area contributed by atoms with Gasteiger partial charge < -0.3 is 21.3 Å². The average molecular weight is 312 g/mol. The maximum Gasteiger partial charge on any atom is 0.326 e. The Bertz CT molecular complexity index is 478. The highest BCUT2D eigenvalue weighted by molar-refractivity contribution is 7.98. The number of hydrogen-bond acceptors (Lipinski definition) is 5. The SMILES string of the molecule is CSCC[C@H](N)C(=O)N[C@@H](Cc1ccc(O)cc1)C(=O)O. The van der Waals surface area contributed by atoms with Gasteiger partial charge in [0.25, 0.3) is 0 Å². The van der Waals surface area contributed by atoms with Crippen LogP contribution in [0.25, 0.3) is 0 Å². The first-order valence-electron chi connectivity index (χ1n) is 6.49. The molecule has 5 N–H and O–H groups in total. The zero-order valence-corrected chi connectivity index (χ0v) is 12.6. The van der Waals surface area contributed by atoms with Gasteiger partial charge in [0.05, 0.1) is 6.04 Å². The number of amides is 1. The number of phenols is 1. The minimum atomic E-state index is -1.12. The van der Waals surface area contributed by atoms with E-state index < -0.39 is 24.0 Å². The third-order valence-electron chi connectivity index (χ3n) is 2.96. The van der Waals surface area contributed by atoms with Crippen LogP contribution in [0.15, 0.2) is 24.3 Å². The van der Waals surface area contributed by atoms with Crippen molar-refractivity contribution in [2.45, 2.75) is 24.9 Å². The minimum Gasteiger partial charge on any atom is -0.508 e. The van der Waals surface area contributed by atoms with Gasteiger partial charge in [0.15, 0.2) is 0 Å². The van der Waals surface area contributed by atoms with Gasteiger partial charge in [-0.25, -0.2) is 4.79 Å². The zero-order chi connectivity index (χ0) is 15.8. The number of hydrogen-bond donors (Lipinski definition) is 4. The van der Waals surface area contributed by atoms with E-state index in [1.807, 2.05) is 6.26 Å². The number of carbonyl (C=O) groups is 2. The Balaban J connectivity index is 2.63. The van der Waals surface area contributed by atoms with Gasteiger partial charge in [0, 0.05) is 6.42 Å². The Morgan fingerprint density at radius 2 is 1.95 bits per heavy atom. The second-order valence-corrected chi connectivity index (χ2v) is 5.64. The summed E-state index contributed by atoms with van der Waals surface area (Å²) in [6, 6.07) is 4.43. The average Bonchev–Trinajstić information content (AvgIpc) is 2.45. The van der Waals surface area contributed by atoms with Crippen LogP contribution in [-0.2, 0) is 16.0 Å². The van der Waals surface area contributed by atoms with E-state index in [2.05, 4.69) is 5.32 Å². The summed E-state index contributed by atoms with van der Waals surface area (Å²) >= 11 is 1.58. The summed E-state index contributed by atoms with van der Waals surface area (Å²) in [6.07, 6.45) is 2.55. The highest BCUT2D eigenvalue weighted by Gasteiger charge is 2.23. The normalized spacial score (nSPS) is 13.4. The number of phenolic OH excluding ortho intramolecular Hbond substituents is 1. The van der Waals surface area contributed by atoms with Gasteiger partial charge in [0.2, 0.25) is 5.91 Å². The fraction of sp³-hybridized carbons (Fsp3) is 0.429. The van der Waals surface area contributed by atoms with Gasteiger partial charge in [-0.1, -0.05) is 12.1 Å². The molecule has 0 saturated heterocycles. The van der Waals surface area contributed by atoms with Crippen molar-refractivity contribution in [1.82, 2.24) is 5.32 Å². The number of carboxylic acid groups (broad SMARTS) is 1. The Labute approximate surface area is 127 Å². The molecule has 1 aromatic carbocycles. The van der Waals surface area contributed by atoms with Crippen LogP contribution in [0.4, 0.5) is 0 Å². The Morgan fingerprint density at radius 3 is 2.48 bits per heavy atom. The number of carbonyl (C=O) groups excluding carboxylic acids is 1. The van der Waals surface area contributed by atoms with Crippen molar-refractivity contribution in [3.63, 3.8) is 0 Å². The molecule has 2 atom stereocenters. The standard InChI is InChI=1S/C14H20N2O4S/c1-21-7-6-11(15)13(18)16-12(14(19)20)8-9-2-4-10(17)5-3-9/h2-5,11-12,17H,6-8,15H2,1H3,(H,16,18)(H,19,20)/t11-,12-/m0/s1. The molecule has 21 heavy (non-hydrogen) atoms. The molecule has 1 aromatic rings. The number of carboxylic acids is 1. The lowest BCUT2D eigenvalue weighted by Gasteiger charge is -2.17. The van der Waals surface area contributed by atoms with Crippen LogP contribution in [-0.4, -0.2) is 46.2 Å². The maximum atomic E-state index is 11.9. The van der Waals surface area contributed by atoms with Gasteiger partial charge in [-0.05, 0) is 36.1 Å². The summed E-state index contributed by atoms with van der Waals surface area (Å²) in [6.45, 7) is 0. The molecule has 0 bridgehead atoms. The van der Waals surface area contributed by atoms with Crippen molar-refractivity contribution in [2.75, 3.05) is 12.0 Å². The van der Waals surface area contributed by atoms with E-state index in [0.717, 1.165) is 5.75 Å². The van der Waals surface area contributed by atoms with Crippen molar-refractivity contribution < 1.29 is 19.8 Å². The van der Waals surface area contributed by atoms with Crippen LogP contribution in [0.3, 0.4) is 0 Å². The van der Waals surface area contributed by atoms with Crippen LogP contribution in [0, 0.1) is 0 Å². The largest absolute Gasteiger partial charge is 0.508 e. The van der Waals surface area contributed by atoms with Gasteiger partial charge >= 0.3 is 5.97 Å². The Kier molecular flexibility index (Phi) is 7.04. The molecule has 0 spiro atoms. The molecule has 1 amide bonds. The molecule has 0 aliphatic heterocycles. The molecule has 0 radical (unpaired) electrons. The van der Waals surface area contributed by atoms with E-state index in [-0.39, 0.29) is 12.2 Å². The predicted molar refractivity (Wildman–Crippen MR) is 82.4 cm³/mol. The van der Waals surface area contributed by atoms with Crippen LogP contribution in [0.1, 0.15) is 12.0 Å². The molecule has 0 fully saturated rings. The van der Waals surface area contributed by atoms with E-state index in [1.165, 1.54) is 12.1 Å². The van der Waals surface area contributed by atoms with Crippen molar-refractivity contribution in [2.24, 2.45) is 5.73 Å². The number of thioether (sulfide) groups is 1. The number of aliphatic carboxylic acids is 1. The molecule has 0 aliphatic carbocycles. The van der Waals surface area contributed by atoms with Crippen molar-refractivity contribution >= 4 is 23.6 Å². The summed E-state index contributed by atoms with van der Waals surface area (Å²) < 4.78 is 0. The number of rotatable bonds is 8. The van der Waals surface area contributed by atoms with Crippen LogP contribution in [0.2, 0.25) is 0 Å². The van der Waals surface area contributed by atoms with Crippen LogP contribution < -0.4 is 11.1 Å². The lowest BCUT2D eigenvalue weighted by atomic mass is 10.1. The molecule has 7 heteroatoms. The number of nitrogens with two attached hydrogens (primary N) is 1. The molecule has 0 heterocycles. The summed E-state index contributed by atoms with van der Waals surface area (Å²) in [5.74, 6) is -0.734. The quantitative estimate of drug-likeness (QED) is 0.559. The second-order valence-electron chi connectivity index (χ2n) is 4.66. The fourth-order valence-electron chi connectivity index (χ4n) is 1.72. The molecule has 0 aliphatic rings. The highest BCUT2D eigenvalue weighted by atomic mass is 32.2. The van der Waals surface area contributed by atoms with Crippen LogP contribution in [0.5, 0.6) is 5.75 Å². The van der Waals surface area contributed by atoms with E-state index in [9.17, 15) is 19.8 Å².